The molecule has 0 saturated carbocycles. The summed E-state index contributed by atoms with van der Waals surface area (Å²) in [5, 5.41) is 11.4. The summed E-state index contributed by atoms with van der Waals surface area (Å²) in [7, 11) is 0. The zero-order chi connectivity index (χ0) is 18.7. The number of carbonyl (C=O) groups is 1. The number of thioether (sulfide) groups is 1. The van der Waals surface area contributed by atoms with Gasteiger partial charge in [-0.3, -0.25) is 4.79 Å². The summed E-state index contributed by atoms with van der Waals surface area (Å²) in [6.45, 7) is 3.77. The Labute approximate surface area is 168 Å². The third-order valence-electron chi connectivity index (χ3n) is 3.51. The molecule has 134 valence electrons. The van der Waals surface area contributed by atoms with Crippen LogP contribution < -0.4 is 5.32 Å². The fourth-order valence-corrected chi connectivity index (χ4v) is 3.62. The second kappa shape index (κ2) is 8.24. The van der Waals surface area contributed by atoms with E-state index in [-0.39, 0.29) is 5.91 Å². The van der Waals surface area contributed by atoms with Crippen LogP contribution in [0.25, 0.3) is 11.5 Å². The fourth-order valence-electron chi connectivity index (χ4n) is 2.16. The average molecular weight is 453 g/mol. The van der Waals surface area contributed by atoms with Gasteiger partial charge in [0.25, 0.3) is 5.22 Å². The number of benzene rings is 2. The summed E-state index contributed by atoms with van der Waals surface area (Å²) in [5.41, 5.74) is 2.56. The molecule has 0 aliphatic heterocycles. The molecule has 26 heavy (non-hydrogen) atoms. The molecule has 1 amide bonds. The number of amides is 1. The lowest BCUT2D eigenvalue weighted by atomic mass is 10.2. The smallest absolute Gasteiger partial charge is 0.277 e. The number of rotatable bonds is 5. The molecule has 5 nitrogen and oxygen atoms in total. The molecule has 1 unspecified atom stereocenters. The Bertz CT molecular complexity index is 948. The monoisotopic (exact) mass is 451 g/mol. The second-order valence-electron chi connectivity index (χ2n) is 5.62. The Hall–Kier alpha value is -1.83. The van der Waals surface area contributed by atoms with Gasteiger partial charge in [0.15, 0.2) is 0 Å². The molecule has 0 spiro atoms. The molecule has 1 atom stereocenters. The molecular weight excluding hydrogens is 438 g/mol. The topological polar surface area (TPSA) is 68.0 Å². The zero-order valence-corrected chi connectivity index (χ0v) is 17.2. The number of hydrogen-bond donors (Lipinski definition) is 1. The maximum atomic E-state index is 12.4. The highest BCUT2D eigenvalue weighted by atomic mass is 79.9. The van der Waals surface area contributed by atoms with Gasteiger partial charge in [-0.1, -0.05) is 35.5 Å². The Morgan fingerprint density at radius 3 is 2.81 bits per heavy atom. The van der Waals surface area contributed by atoms with Crippen LogP contribution in [-0.4, -0.2) is 21.4 Å². The molecule has 0 bridgehead atoms. The first-order chi connectivity index (χ1) is 12.4. The summed E-state index contributed by atoms with van der Waals surface area (Å²) in [6, 6.07) is 12.9. The highest BCUT2D eigenvalue weighted by molar-refractivity contribution is 9.10. The quantitative estimate of drug-likeness (QED) is 0.512. The standard InChI is InChI=1S/C18H15BrClN3O2S/c1-10-6-7-15(14(19)8-10)21-16(24)11(2)26-18-23-22-17(25-18)12-4-3-5-13(20)9-12/h3-9,11H,1-2H3,(H,21,24). The van der Waals surface area contributed by atoms with Crippen molar-refractivity contribution in [1.29, 1.82) is 0 Å². The maximum absolute atomic E-state index is 12.4. The van der Waals surface area contributed by atoms with E-state index in [4.69, 9.17) is 16.0 Å². The lowest BCUT2D eigenvalue weighted by Crippen LogP contribution is -2.22. The van der Waals surface area contributed by atoms with Crippen LogP contribution in [0.5, 0.6) is 0 Å². The van der Waals surface area contributed by atoms with Crippen molar-refractivity contribution in [3.63, 3.8) is 0 Å². The van der Waals surface area contributed by atoms with Crippen molar-refractivity contribution >= 4 is 50.9 Å². The summed E-state index contributed by atoms with van der Waals surface area (Å²) in [6.07, 6.45) is 0. The van der Waals surface area contributed by atoms with Gasteiger partial charge in [-0.05, 0) is 65.7 Å². The van der Waals surface area contributed by atoms with Crippen LogP contribution in [0.1, 0.15) is 12.5 Å². The van der Waals surface area contributed by atoms with Crippen LogP contribution in [0.2, 0.25) is 5.02 Å². The zero-order valence-electron chi connectivity index (χ0n) is 14.0. The van der Waals surface area contributed by atoms with Gasteiger partial charge in [-0.2, -0.15) is 0 Å². The van der Waals surface area contributed by atoms with Crippen LogP contribution in [0.3, 0.4) is 0 Å². The lowest BCUT2D eigenvalue weighted by molar-refractivity contribution is -0.115. The van der Waals surface area contributed by atoms with Crippen molar-refractivity contribution < 1.29 is 9.21 Å². The minimum absolute atomic E-state index is 0.151. The van der Waals surface area contributed by atoms with E-state index in [9.17, 15) is 4.79 Å². The first kappa shape index (κ1) is 18.9. The van der Waals surface area contributed by atoms with Gasteiger partial charge in [-0.25, -0.2) is 0 Å². The Morgan fingerprint density at radius 2 is 2.08 bits per heavy atom. The number of aromatic nitrogens is 2. The number of hydrogen-bond acceptors (Lipinski definition) is 5. The Balaban J connectivity index is 1.66. The normalized spacial score (nSPS) is 12.0. The summed E-state index contributed by atoms with van der Waals surface area (Å²) in [4.78, 5) is 12.4. The van der Waals surface area contributed by atoms with Gasteiger partial charge in [0, 0.05) is 15.1 Å². The molecular formula is C18H15BrClN3O2S. The summed E-state index contributed by atoms with van der Waals surface area (Å²) < 4.78 is 6.47. The Morgan fingerprint density at radius 1 is 1.27 bits per heavy atom. The van der Waals surface area contributed by atoms with Crippen molar-refractivity contribution in [2.45, 2.75) is 24.3 Å². The second-order valence-corrected chi connectivity index (χ2v) is 8.20. The number of nitrogens with one attached hydrogen (secondary N) is 1. The molecule has 3 rings (SSSR count). The van der Waals surface area contributed by atoms with Crippen molar-refractivity contribution in [3.8, 4) is 11.5 Å². The van der Waals surface area contributed by atoms with Crippen LogP contribution in [0.4, 0.5) is 5.69 Å². The first-order valence-corrected chi connectivity index (χ1v) is 9.80. The molecule has 8 heteroatoms. The minimum atomic E-state index is -0.407. The largest absolute Gasteiger partial charge is 0.411 e. The van der Waals surface area contributed by atoms with E-state index in [1.165, 1.54) is 11.8 Å². The number of nitrogens with zero attached hydrogens (tertiary/aromatic N) is 2. The minimum Gasteiger partial charge on any atom is -0.411 e. The fraction of sp³-hybridized carbons (Fsp3) is 0.167. The first-order valence-electron chi connectivity index (χ1n) is 7.75. The van der Waals surface area contributed by atoms with Crippen LogP contribution in [0, 0.1) is 6.92 Å². The maximum Gasteiger partial charge on any atom is 0.277 e. The van der Waals surface area contributed by atoms with Crippen LogP contribution in [-0.2, 0) is 4.79 Å². The van der Waals surface area contributed by atoms with E-state index in [1.807, 2.05) is 37.3 Å². The van der Waals surface area contributed by atoms with Crippen LogP contribution >= 0.6 is 39.3 Å². The van der Waals surface area contributed by atoms with E-state index in [1.54, 1.807) is 19.1 Å². The van der Waals surface area contributed by atoms with Crippen molar-refractivity contribution in [3.05, 3.63) is 57.5 Å². The molecule has 0 aliphatic carbocycles. The molecule has 0 aliphatic rings. The number of aryl methyl sites for hydroxylation is 1. The molecule has 2 aromatic carbocycles. The van der Waals surface area contributed by atoms with Crippen molar-refractivity contribution in [2.24, 2.45) is 0 Å². The van der Waals surface area contributed by atoms with Gasteiger partial charge < -0.3 is 9.73 Å². The van der Waals surface area contributed by atoms with Gasteiger partial charge >= 0.3 is 0 Å². The summed E-state index contributed by atoms with van der Waals surface area (Å²) in [5.74, 6) is 0.214. The molecule has 1 N–H and O–H groups in total. The highest BCUT2D eigenvalue weighted by Gasteiger charge is 2.19. The van der Waals surface area contributed by atoms with E-state index in [2.05, 4.69) is 31.4 Å². The van der Waals surface area contributed by atoms with E-state index in [0.29, 0.717) is 16.1 Å². The Kier molecular flexibility index (Phi) is 6.01. The third kappa shape index (κ3) is 4.66. The predicted octanol–water partition coefficient (Wildman–Crippen LogP) is 5.58. The molecule has 0 radical (unpaired) electrons. The van der Waals surface area contributed by atoms with E-state index >= 15 is 0 Å². The number of carbonyl (C=O) groups excluding carboxylic acids is 1. The van der Waals surface area contributed by atoms with E-state index < -0.39 is 5.25 Å². The van der Waals surface area contributed by atoms with Crippen LogP contribution in [0.15, 0.2) is 56.6 Å². The number of halogens is 2. The van der Waals surface area contributed by atoms with Gasteiger partial charge in [0.05, 0.1) is 10.9 Å². The molecule has 0 saturated heterocycles. The molecule has 0 fully saturated rings. The van der Waals surface area contributed by atoms with Gasteiger partial charge in [0.1, 0.15) is 0 Å². The van der Waals surface area contributed by atoms with Crippen molar-refractivity contribution in [2.75, 3.05) is 5.32 Å². The van der Waals surface area contributed by atoms with E-state index in [0.717, 1.165) is 21.3 Å². The SMILES string of the molecule is Cc1ccc(NC(=O)C(C)Sc2nnc(-c3cccc(Cl)c3)o2)c(Br)c1. The molecule has 1 aromatic heterocycles. The average Bonchev–Trinajstić information content (AvgIpc) is 3.06. The highest BCUT2D eigenvalue weighted by Crippen LogP contribution is 2.29. The van der Waals surface area contributed by atoms with Gasteiger partial charge in [-0.15, -0.1) is 10.2 Å². The summed E-state index contributed by atoms with van der Waals surface area (Å²) >= 11 is 10.6. The number of anilines is 1. The molecule has 3 aromatic rings. The van der Waals surface area contributed by atoms with Gasteiger partial charge in [0.2, 0.25) is 11.8 Å². The third-order valence-corrected chi connectivity index (χ3v) is 5.33. The van der Waals surface area contributed by atoms with Crippen molar-refractivity contribution in [1.82, 2.24) is 10.2 Å². The predicted molar refractivity (Wildman–Crippen MR) is 108 cm³/mol. The molecule has 1 heterocycles. The lowest BCUT2D eigenvalue weighted by Gasteiger charge is -2.11.